The maximum Gasteiger partial charge on any atom is 0.363 e. The van der Waals surface area contributed by atoms with E-state index in [9.17, 15) is 4.79 Å². The van der Waals surface area contributed by atoms with E-state index in [2.05, 4.69) is 11.6 Å². The van der Waals surface area contributed by atoms with Gasteiger partial charge in [0, 0.05) is 10.6 Å². The second kappa shape index (κ2) is 8.56. The average Bonchev–Trinajstić information content (AvgIpc) is 3.02. The number of nitrogens with zero attached hydrogens (tertiary/aromatic N) is 1. The van der Waals surface area contributed by atoms with Crippen LogP contribution in [0.2, 0.25) is 5.02 Å². The second-order valence-electron chi connectivity index (χ2n) is 5.58. The quantitative estimate of drug-likeness (QED) is 0.397. The third kappa shape index (κ3) is 4.57. The topological polar surface area (TPSA) is 57.1 Å². The van der Waals surface area contributed by atoms with Gasteiger partial charge in [0.2, 0.25) is 5.90 Å². The van der Waals surface area contributed by atoms with E-state index in [1.807, 2.05) is 13.0 Å². The Kier molecular flexibility index (Phi) is 5.94. The van der Waals surface area contributed by atoms with E-state index >= 15 is 0 Å². The number of ether oxygens (including phenoxy) is 3. The maximum absolute atomic E-state index is 12.2. The Bertz CT molecular complexity index is 916. The fourth-order valence-electron chi connectivity index (χ4n) is 2.43. The lowest BCUT2D eigenvalue weighted by Crippen LogP contribution is -2.05. The molecule has 0 fully saturated rings. The third-order valence-corrected chi connectivity index (χ3v) is 3.89. The van der Waals surface area contributed by atoms with Gasteiger partial charge in [-0.05, 0) is 55.0 Å². The molecule has 0 aromatic heterocycles. The van der Waals surface area contributed by atoms with E-state index in [1.165, 1.54) is 0 Å². The maximum atomic E-state index is 12.2. The molecule has 138 valence electrons. The molecule has 0 radical (unpaired) electrons. The Labute approximate surface area is 162 Å². The van der Waals surface area contributed by atoms with Gasteiger partial charge in [-0.25, -0.2) is 9.79 Å². The summed E-state index contributed by atoms with van der Waals surface area (Å²) in [6, 6.07) is 12.3. The first-order chi connectivity index (χ1) is 13.1. The molecule has 5 nitrogen and oxygen atoms in total. The van der Waals surface area contributed by atoms with E-state index in [0.29, 0.717) is 35.3 Å². The fraction of sp³-hybridized carbons (Fsp3) is 0.143. The number of aliphatic imine (C=N–C) groups is 1. The van der Waals surface area contributed by atoms with Gasteiger partial charge in [0.25, 0.3) is 0 Å². The Balaban J connectivity index is 1.88. The molecule has 1 aliphatic heterocycles. The zero-order valence-corrected chi connectivity index (χ0v) is 15.5. The van der Waals surface area contributed by atoms with Crippen molar-refractivity contribution >= 4 is 29.5 Å². The molecule has 0 spiro atoms. The number of carbonyl (C=O) groups is 1. The van der Waals surface area contributed by atoms with Crippen molar-refractivity contribution in [3.63, 3.8) is 0 Å². The van der Waals surface area contributed by atoms with Crippen LogP contribution in [-0.2, 0) is 9.53 Å². The summed E-state index contributed by atoms with van der Waals surface area (Å²) in [7, 11) is 0. The summed E-state index contributed by atoms with van der Waals surface area (Å²) in [4.78, 5) is 16.4. The highest BCUT2D eigenvalue weighted by Gasteiger charge is 2.24. The molecule has 1 aliphatic rings. The largest absolute Gasteiger partial charge is 0.490 e. The van der Waals surface area contributed by atoms with Crippen LogP contribution in [0.4, 0.5) is 0 Å². The molecule has 2 aromatic carbocycles. The van der Waals surface area contributed by atoms with Gasteiger partial charge < -0.3 is 14.2 Å². The highest BCUT2D eigenvalue weighted by Crippen LogP contribution is 2.30. The fourth-order valence-corrected chi connectivity index (χ4v) is 2.56. The molecular weight excluding hydrogens is 366 g/mol. The molecule has 27 heavy (non-hydrogen) atoms. The van der Waals surface area contributed by atoms with Gasteiger partial charge in [-0.1, -0.05) is 30.3 Å². The van der Waals surface area contributed by atoms with E-state index in [1.54, 1.807) is 48.6 Å². The SMILES string of the molecule is C=CCOc1ccc(/C=C2\N=C(c3ccc(Cl)cc3)OC2=O)cc1OCC. The smallest absolute Gasteiger partial charge is 0.363 e. The van der Waals surface area contributed by atoms with Crippen LogP contribution in [0.5, 0.6) is 11.5 Å². The number of cyclic esters (lactones) is 1. The van der Waals surface area contributed by atoms with Crippen LogP contribution >= 0.6 is 11.6 Å². The van der Waals surface area contributed by atoms with Gasteiger partial charge in [-0.2, -0.15) is 0 Å². The van der Waals surface area contributed by atoms with Crippen molar-refractivity contribution in [2.24, 2.45) is 4.99 Å². The zero-order chi connectivity index (χ0) is 19.2. The Morgan fingerprint density at radius 2 is 1.93 bits per heavy atom. The van der Waals surface area contributed by atoms with Gasteiger partial charge in [-0.3, -0.25) is 0 Å². The monoisotopic (exact) mass is 383 g/mol. The van der Waals surface area contributed by atoms with E-state index in [-0.39, 0.29) is 11.6 Å². The summed E-state index contributed by atoms with van der Waals surface area (Å²) in [5, 5.41) is 0.599. The first kappa shape index (κ1) is 18.7. The molecule has 0 bridgehead atoms. The average molecular weight is 384 g/mol. The number of hydrogen-bond donors (Lipinski definition) is 0. The Hall–Kier alpha value is -3.05. The van der Waals surface area contributed by atoms with Gasteiger partial charge in [0.15, 0.2) is 17.2 Å². The summed E-state index contributed by atoms with van der Waals surface area (Å²) in [6.45, 7) is 6.39. The highest BCUT2D eigenvalue weighted by molar-refractivity contribution is 6.30. The third-order valence-electron chi connectivity index (χ3n) is 3.64. The van der Waals surface area contributed by atoms with E-state index in [4.69, 9.17) is 25.8 Å². The van der Waals surface area contributed by atoms with Gasteiger partial charge in [0.05, 0.1) is 6.61 Å². The predicted molar refractivity (Wildman–Crippen MR) is 105 cm³/mol. The van der Waals surface area contributed by atoms with Crippen LogP contribution in [0, 0.1) is 0 Å². The van der Waals surface area contributed by atoms with Crippen molar-refractivity contribution in [1.82, 2.24) is 0 Å². The number of rotatable bonds is 7. The molecule has 2 aromatic rings. The summed E-state index contributed by atoms with van der Waals surface area (Å²) in [5.41, 5.74) is 1.64. The molecule has 1 heterocycles. The molecule has 0 aliphatic carbocycles. The normalized spacial score (nSPS) is 14.7. The lowest BCUT2D eigenvalue weighted by Gasteiger charge is -2.11. The van der Waals surface area contributed by atoms with Gasteiger partial charge in [-0.15, -0.1) is 0 Å². The molecule has 0 amide bonds. The summed E-state index contributed by atoms with van der Waals surface area (Å²) >= 11 is 5.88. The van der Waals surface area contributed by atoms with Crippen LogP contribution in [0.3, 0.4) is 0 Å². The Morgan fingerprint density at radius 1 is 1.15 bits per heavy atom. The minimum atomic E-state index is -0.509. The first-order valence-electron chi connectivity index (χ1n) is 8.39. The molecule has 0 atom stereocenters. The van der Waals surface area contributed by atoms with E-state index in [0.717, 1.165) is 5.56 Å². The van der Waals surface area contributed by atoms with Crippen LogP contribution in [0.15, 0.2) is 65.8 Å². The summed E-state index contributed by atoms with van der Waals surface area (Å²) in [6.07, 6.45) is 3.30. The minimum absolute atomic E-state index is 0.210. The lowest BCUT2D eigenvalue weighted by atomic mass is 10.1. The van der Waals surface area contributed by atoms with Crippen LogP contribution in [0.1, 0.15) is 18.1 Å². The van der Waals surface area contributed by atoms with Crippen molar-refractivity contribution in [2.75, 3.05) is 13.2 Å². The van der Waals surface area contributed by atoms with Crippen LogP contribution in [0.25, 0.3) is 6.08 Å². The number of esters is 1. The summed E-state index contributed by atoms with van der Waals surface area (Å²) in [5.74, 6) is 0.934. The minimum Gasteiger partial charge on any atom is -0.490 e. The summed E-state index contributed by atoms with van der Waals surface area (Å²) < 4.78 is 16.4. The molecular formula is C21H18ClNO4. The van der Waals surface area contributed by atoms with Crippen molar-refractivity contribution in [3.05, 3.63) is 77.0 Å². The van der Waals surface area contributed by atoms with Crippen molar-refractivity contribution < 1.29 is 19.0 Å². The zero-order valence-electron chi connectivity index (χ0n) is 14.8. The first-order valence-corrected chi connectivity index (χ1v) is 8.77. The molecule has 0 saturated heterocycles. The molecule has 0 N–H and O–H groups in total. The molecule has 6 heteroatoms. The van der Waals surface area contributed by atoms with Gasteiger partial charge in [0.1, 0.15) is 6.61 Å². The van der Waals surface area contributed by atoms with Gasteiger partial charge >= 0.3 is 5.97 Å². The number of carbonyl (C=O) groups excluding carboxylic acids is 1. The van der Waals surface area contributed by atoms with Crippen molar-refractivity contribution in [3.8, 4) is 11.5 Å². The Morgan fingerprint density at radius 3 is 2.63 bits per heavy atom. The van der Waals surface area contributed by atoms with Crippen LogP contribution in [-0.4, -0.2) is 25.1 Å². The molecule has 0 unspecified atom stereocenters. The van der Waals surface area contributed by atoms with Crippen molar-refractivity contribution in [1.29, 1.82) is 0 Å². The highest BCUT2D eigenvalue weighted by atomic mass is 35.5. The lowest BCUT2D eigenvalue weighted by molar-refractivity contribution is -0.129. The predicted octanol–water partition coefficient (Wildman–Crippen LogP) is 4.65. The van der Waals surface area contributed by atoms with Crippen LogP contribution < -0.4 is 9.47 Å². The number of benzene rings is 2. The standard InChI is InChI=1S/C21H18ClNO4/c1-3-11-26-18-10-5-14(13-19(18)25-4-2)12-17-21(24)27-20(23-17)15-6-8-16(22)9-7-15/h3,5-10,12-13H,1,4,11H2,2H3/b17-12-. The number of halogens is 1. The molecule has 0 saturated carbocycles. The molecule has 3 rings (SSSR count). The second-order valence-corrected chi connectivity index (χ2v) is 6.02. The van der Waals surface area contributed by atoms with Crippen molar-refractivity contribution in [2.45, 2.75) is 6.92 Å². The van der Waals surface area contributed by atoms with E-state index < -0.39 is 5.97 Å². The number of hydrogen-bond acceptors (Lipinski definition) is 5.